The normalized spacial score (nSPS) is 15.1. The minimum Gasteiger partial charge on any atom is -0.497 e. The van der Waals surface area contributed by atoms with Gasteiger partial charge in [-0.3, -0.25) is 9.79 Å². The van der Waals surface area contributed by atoms with Crippen LogP contribution in [-0.4, -0.2) is 29.8 Å². The fourth-order valence-electron chi connectivity index (χ4n) is 4.37. The molecule has 0 spiro atoms. The second kappa shape index (κ2) is 10.6. The highest BCUT2D eigenvalue weighted by atomic mass is 35.5. The summed E-state index contributed by atoms with van der Waals surface area (Å²) in [5.74, 6) is 1.00. The van der Waals surface area contributed by atoms with E-state index in [4.69, 9.17) is 38.7 Å². The topological polar surface area (TPSA) is 80.8 Å². The van der Waals surface area contributed by atoms with Gasteiger partial charge in [-0.1, -0.05) is 53.5 Å². The number of fused-ring (bicyclic) bond motifs is 1. The molecule has 0 radical (unpaired) electrons. The second-order valence-electron chi connectivity index (χ2n) is 8.69. The molecule has 0 aliphatic carbocycles. The van der Waals surface area contributed by atoms with Crippen molar-refractivity contribution in [2.45, 2.75) is 19.0 Å². The molecule has 186 valence electrons. The predicted octanol–water partition coefficient (Wildman–Crippen LogP) is 5.97. The third kappa shape index (κ3) is 5.31. The van der Waals surface area contributed by atoms with Crippen LogP contribution < -0.4 is 15.4 Å². The van der Waals surface area contributed by atoms with Gasteiger partial charge in [-0.25, -0.2) is 4.98 Å². The number of ether oxygens (including phenoxy) is 1. The smallest absolute Gasteiger partial charge is 0.252 e. The highest BCUT2D eigenvalue weighted by Gasteiger charge is 2.33. The molecule has 0 saturated heterocycles. The van der Waals surface area contributed by atoms with Gasteiger partial charge < -0.3 is 15.4 Å². The van der Waals surface area contributed by atoms with Gasteiger partial charge in [0.2, 0.25) is 0 Å². The van der Waals surface area contributed by atoms with Crippen molar-refractivity contribution < 1.29 is 9.53 Å². The molecular formula is C29H24Cl2N4O2. The van der Waals surface area contributed by atoms with E-state index in [-0.39, 0.29) is 5.91 Å². The van der Waals surface area contributed by atoms with Crippen molar-refractivity contribution in [2.24, 2.45) is 4.99 Å². The van der Waals surface area contributed by atoms with Crippen LogP contribution in [0.5, 0.6) is 5.75 Å². The van der Waals surface area contributed by atoms with Crippen LogP contribution in [0.25, 0.3) is 0 Å². The molecule has 3 aromatic carbocycles. The first-order valence-electron chi connectivity index (χ1n) is 11.7. The number of hydrogen-bond acceptors (Lipinski definition) is 5. The van der Waals surface area contributed by atoms with E-state index in [9.17, 15) is 4.79 Å². The summed E-state index contributed by atoms with van der Waals surface area (Å²) in [6.07, 6.45) is 2.00. The van der Waals surface area contributed by atoms with E-state index in [1.54, 1.807) is 30.3 Å². The van der Waals surface area contributed by atoms with E-state index in [1.807, 2.05) is 66.7 Å². The lowest BCUT2D eigenvalue weighted by molar-refractivity contribution is -0.119. The first-order valence-corrected chi connectivity index (χ1v) is 12.5. The summed E-state index contributed by atoms with van der Waals surface area (Å²) in [6.45, 7) is 0.346. The number of amides is 1. The number of carbonyl (C=O) groups is 1. The SMILES string of the molecule is COc1ccc(CN2C(=O)C(Cc3ccccc3Cl)N=C(c3ccc(N)nc3)c3cc(Cl)ccc32)cc1. The molecule has 2 heterocycles. The highest BCUT2D eigenvalue weighted by molar-refractivity contribution is 6.32. The Hall–Kier alpha value is -3.87. The van der Waals surface area contributed by atoms with Crippen molar-refractivity contribution in [1.82, 2.24) is 4.98 Å². The lowest BCUT2D eigenvalue weighted by atomic mass is 10.0. The van der Waals surface area contributed by atoms with Gasteiger partial charge in [-0.2, -0.15) is 0 Å². The number of pyridine rings is 1. The number of nitrogens with zero attached hydrogens (tertiary/aromatic N) is 3. The van der Waals surface area contributed by atoms with Crippen LogP contribution in [0.3, 0.4) is 0 Å². The molecule has 0 bridgehead atoms. The summed E-state index contributed by atoms with van der Waals surface area (Å²) in [5, 5.41) is 1.13. The summed E-state index contributed by atoms with van der Waals surface area (Å²) >= 11 is 12.9. The molecule has 1 aliphatic rings. The van der Waals surface area contributed by atoms with Gasteiger partial charge in [-0.15, -0.1) is 0 Å². The maximum atomic E-state index is 14.1. The lowest BCUT2D eigenvalue weighted by Crippen LogP contribution is -2.38. The van der Waals surface area contributed by atoms with Crippen LogP contribution in [0.1, 0.15) is 22.3 Å². The third-order valence-electron chi connectivity index (χ3n) is 6.27. The Balaban J connectivity index is 1.66. The quantitative estimate of drug-likeness (QED) is 0.332. The number of aromatic nitrogens is 1. The Morgan fingerprint density at radius 3 is 2.49 bits per heavy atom. The molecule has 0 saturated carbocycles. The molecule has 1 unspecified atom stereocenters. The largest absolute Gasteiger partial charge is 0.497 e. The van der Waals surface area contributed by atoms with Gasteiger partial charge in [0.15, 0.2) is 0 Å². The number of nitrogens with two attached hydrogens (primary N) is 1. The summed E-state index contributed by atoms with van der Waals surface area (Å²) in [4.78, 5) is 25.2. The van der Waals surface area contributed by atoms with Crippen LogP contribution >= 0.6 is 23.2 Å². The van der Waals surface area contributed by atoms with Crippen LogP contribution in [0.2, 0.25) is 10.0 Å². The summed E-state index contributed by atoms with van der Waals surface area (Å²) in [5.41, 5.74) is 10.4. The van der Waals surface area contributed by atoms with Crippen molar-refractivity contribution in [3.8, 4) is 5.75 Å². The van der Waals surface area contributed by atoms with Crippen LogP contribution in [0, 0.1) is 0 Å². The van der Waals surface area contributed by atoms with Crippen molar-refractivity contribution >= 4 is 46.3 Å². The van der Waals surface area contributed by atoms with E-state index in [0.29, 0.717) is 40.2 Å². The Bertz CT molecular complexity index is 1470. The van der Waals surface area contributed by atoms with Gasteiger partial charge in [-0.05, 0) is 59.7 Å². The summed E-state index contributed by atoms with van der Waals surface area (Å²) in [6, 6.07) is 23.5. The van der Waals surface area contributed by atoms with Gasteiger partial charge in [0, 0.05) is 33.8 Å². The molecular weight excluding hydrogens is 507 g/mol. The molecule has 1 aliphatic heterocycles. The van der Waals surface area contributed by atoms with E-state index < -0.39 is 6.04 Å². The number of nitrogen functional groups attached to an aromatic ring is 1. The number of halogens is 2. The zero-order chi connectivity index (χ0) is 25.9. The van der Waals surface area contributed by atoms with E-state index >= 15 is 0 Å². The van der Waals surface area contributed by atoms with Crippen molar-refractivity contribution in [3.05, 3.63) is 117 Å². The molecule has 1 aromatic heterocycles. The molecule has 6 nitrogen and oxygen atoms in total. The van der Waals surface area contributed by atoms with Crippen LogP contribution in [0.4, 0.5) is 11.5 Å². The number of rotatable bonds is 6. The number of carbonyl (C=O) groups excluding carboxylic acids is 1. The first-order chi connectivity index (χ1) is 17.9. The number of anilines is 2. The summed E-state index contributed by atoms with van der Waals surface area (Å²) < 4.78 is 5.29. The molecule has 1 atom stereocenters. The van der Waals surface area contributed by atoms with Gasteiger partial charge >= 0.3 is 0 Å². The molecule has 37 heavy (non-hydrogen) atoms. The molecule has 5 rings (SSSR count). The van der Waals surface area contributed by atoms with Gasteiger partial charge in [0.25, 0.3) is 5.91 Å². The maximum Gasteiger partial charge on any atom is 0.252 e. The number of hydrogen-bond donors (Lipinski definition) is 1. The van der Waals surface area contributed by atoms with Crippen molar-refractivity contribution in [3.63, 3.8) is 0 Å². The Morgan fingerprint density at radius 2 is 1.78 bits per heavy atom. The van der Waals surface area contributed by atoms with Crippen LogP contribution in [0.15, 0.2) is 90.1 Å². The number of aliphatic imine (C=N–C) groups is 1. The zero-order valence-corrected chi connectivity index (χ0v) is 21.6. The second-order valence-corrected chi connectivity index (χ2v) is 9.54. The molecule has 0 fully saturated rings. The molecule has 2 N–H and O–H groups in total. The Kier molecular flexibility index (Phi) is 7.12. The number of benzene rings is 3. The molecule has 8 heteroatoms. The standard InChI is InChI=1S/C29H24Cl2N4O2/c1-37-22-10-6-18(7-11-22)17-35-26-12-9-21(30)15-23(26)28(20-8-13-27(32)33-16-20)34-25(29(35)36)14-19-4-2-3-5-24(19)31/h2-13,15-16,25H,14,17H2,1H3,(H2,32,33). The number of methoxy groups -OCH3 is 1. The van der Waals surface area contributed by atoms with E-state index in [1.165, 1.54) is 0 Å². The fourth-order valence-corrected chi connectivity index (χ4v) is 4.75. The lowest BCUT2D eigenvalue weighted by Gasteiger charge is -2.26. The number of benzodiazepines with no additional fused rings is 1. The van der Waals surface area contributed by atoms with E-state index in [0.717, 1.165) is 28.0 Å². The Morgan fingerprint density at radius 1 is 1.00 bits per heavy atom. The molecule has 1 amide bonds. The van der Waals surface area contributed by atoms with Crippen LogP contribution in [-0.2, 0) is 17.8 Å². The van der Waals surface area contributed by atoms with Crippen molar-refractivity contribution in [1.29, 1.82) is 0 Å². The van der Waals surface area contributed by atoms with E-state index in [2.05, 4.69) is 4.98 Å². The fraction of sp³-hybridized carbons (Fsp3) is 0.138. The maximum absolute atomic E-state index is 14.1. The average Bonchev–Trinajstić information content (AvgIpc) is 3.01. The summed E-state index contributed by atoms with van der Waals surface area (Å²) in [7, 11) is 1.62. The minimum absolute atomic E-state index is 0.141. The van der Waals surface area contributed by atoms with Gasteiger partial charge in [0.1, 0.15) is 17.6 Å². The minimum atomic E-state index is -0.725. The average molecular weight is 531 g/mol. The monoisotopic (exact) mass is 530 g/mol. The highest BCUT2D eigenvalue weighted by Crippen LogP contribution is 2.33. The zero-order valence-electron chi connectivity index (χ0n) is 20.1. The Labute approximate surface area is 225 Å². The predicted molar refractivity (Wildman–Crippen MR) is 149 cm³/mol. The molecule has 4 aromatic rings. The third-order valence-corrected chi connectivity index (χ3v) is 6.88. The van der Waals surface area contributed by atoms with Gasteiger partial charge in [0.05, 0.1) is 25.1 Å². The first kappa shape index (κ1) is 24.8. The van der Waals surface area contributed by atoms with Crippen molar-refractivity contribution in [2.75, 3.05) is 17.7 Å².